The molecule has 0 radical (unpaired) electrons. The Labute approximate surface area is 201 Å². The number of para-hydroxylation sites is 1. The number of carbonyl (C=O) groups is 3. The molecule has 1 aromatic heterocycles. The summed E-state index contributed by atoms with van der Waals surface area (Å²) in [6, 6.07) is 14.1. The Balaban J connectivity index is 1.87. The zero-order chi connectivity index (χ0) is 24.7. The number of amides is 2. The number of esters is 1. The Morgan fingerprint density at radius 3 is 2.35 bits per heavy atom. The van der Waals surface area contributed by atoms with Crippen molar-refractivity contribution in [3.63, 3.8) is 0 Å². The molecule has 2 aromatic carbocycles. The third kappa shape index (κ3) is 5.74. The van der Waals surface area contributed by atoms with Gasteiger partial charge in [-0.05, 0) is 37.6 Å². The molecule has 8 nitrogen and oxygen atoms in total. The fourth-order valence-electron chi connectivity index (χ4n) is 3.32. The second kappa shape index (κ2) is 11.3. The summed E-state index contributed by atoms with van der Waals surface area (Å²) in [5.41, 5.74) is 1.87. The van der Waals surface area contributed by atoms with Gasteiger partial charge in [0.05, 0.1) is 37.7 Å². The molecule has 9 heteroatoms. The second-order valence-electron chi connectivity index (χ2n) is 7.20. The molecule has 2 amide bonds. The van der Waals surface area contributed by atoms with Crippen LogP contribution in [-0.4, -0.2) is 38.6 Å². The topological polar surface area (TPSA) is 103 Å². The smallest absolute Gasteiger partial charge is 0.341 e. The van der Waals surface area contributed by atoms with Gasteiger partial charge < -0.3 is 24.8 Å². The maximum atomic E-state index is 12.9. The van der Waals surface area contributed by atoms with Crippen molar-refractivity contribution in [1.82, 2.24) is 0 Å². The van der Waals surface area contributed by atoms with E-state index in [0.717, 1.165) is 11.3 Å². The molecule has 0 saturated heterocycles. The molecular weight excluding hydrogens is 456 g/mol. The quantitative estimate of drug-likeness (QED) is 0.429. The molecule has 0 aliphatic rings. The van der Waals surface area contributed by atoms with Crippen LogP contribution in [0.25, 0.3) is 0 Å². The highest BCUT2D eigenvalue weighted by Crippen LogP contribution is 2.35. The summed E-state index contributed by atoms with van der Waals surface area (Å²) >= 11 is 1.03. The number of rotatable bonds is 9. The van der Waals surface area contributed by atoms with Crippen LogP contribution < -0.4 is 20.1 Å². The van der Waals surface area contributed by atoms with E-state index in [2.05, 4.69) is 10.6 Å². The molecule has 0 aliphatic carbocycles. The fourth-order valence-corrected chi connectivity index (χ4v) is 4.42. The van der Waals surface area contributed by atoms with E-state index >= 15 is 0 Å². The molecule has 34 heavy (non-hydrogen) atoms. The summed E-state index contributed by atoms with van der Waals surface area (Å²) < 4.78 is 15.7. The highest BCUT2D eigenvalue weighted by molar-refractivity contribution is 7.18. The van der Waals surface area contributed by atoms with Gasteiger partial charge in [0, 0.05) is 17.3 Å². The molecule has 0 aliphatic heterocycles. The molecule has 0 fully saturated rings. The molecular formula is C25H26N2O6S. The van der Waals surface area contributed by atoms with Crippen LogP contribution in [0.1, 0.15) is 38.1 Å². The van der Waals surface area contributed by atoms with E-state index in [1.165, 1.54) is 7.11 Å². The van der Waals surface area contributed by atoms with E-state index in [1.54, 1.807) is 63.4 Å². The third-order valence-electron chi connectivity index (χ3n) is 4.96. The van der Waals surface area contributed by atoms with E-state index in [4.69, 9.17) is 14.2 Å². The lowest BCUT2D eigenvalue weighted by atomic mass is 10.1. The number of ether oxygens (including phenoxy) is 3. The van der Waals surface area contributed by atoms with Gasteiger partial charge in [-0.1, -0.05) is 24.3 Å². The first-order valence-electron chi connectivity index (χ1n) is 10.6. The Hall–Kier alpha value is -3.85. The number of carbonyl (C=O) groups excluding carboxylic acids is 3. The van der Waals surface area contributed by atoms with E-state index in [9.17, 15) is 14.4 Å². The molecule has 0 bridgehead atoms. The lowest BCUT2D eigenvalue weighted by molar-refractivity contribution is -0.115. The minimum atomic E-state index is -0.604. The van der Waals surface area contributed by atoms with Crippen molar-refractivity contribution < 1.29 is 28.6 Å². The highest BCUT2D eigenvalue weighted by Gasteiger charge is 2.27. The first-order chi connectivity index (χ1) is 16.4. The van der Waals surface area contributed by atoms with E-state index in [1.807, 2.05) is 6.07 Å². The van der Waals surface area contributed by atoms with E-state index in [-0.39, 0.29) is 35.4 Å². The van der Waals surface area contributed by atoms with E-state index in [0.29, 0.717) is 33.2 Å². The van der Waals surface area contributed by atoms with Crippen LogP contribution in [0.3, 0.4) is 0 Å². The zero-order valence-electron chi connectivity index (χ0n) is 19.4. The lowest BCUT2D eigenvalue weighted by Crippen LogP contribution is -2.17. The standard InChI is InChI=1S/C25H26N2O6S/c1-5-33-25(30)21-15(2)22(23(29)26-17-9-7-6-8-10-17)34-24(21)27-20(28)13-16-11-12-18(31-3)14-19(16)32-4/h6-12,14H,5,13H2,1-4H3,(H,26,29)(H,27,28). The SMILES string of the molecule is CCOC(=O)c1c(NC(=O)Cc2ccc(OC)cc2OC)sc(C(=O)Nc2ccccc2)c1C. The normalized spacial score (nSPS) is 10.4. The predicted molar refractivity (Wildman–Crippen MR) is 131 cm³/mol. The lowest BCUT2D eigenvalue weighted by Gasteiger charge is -2.11. The molecule has 3 rings (SSSR count). The molecule has 0 unspecified atom stereocenters. The average Bonchev–Trinajstić information content (AvgIpc) is 3.15. The Bertz CT molecular complexity index is 1190. The number of benzene rings is 2. The van der Waals surface area contributed by atoms with Crippen molar-refractivity contribution in [2.24, 2.45) is 0 Å². The van der Waals surface area contributed by atoms with Crippen molar-refractivity contribution in [2.75, 3.05) is 31.5 Å². The number of nitrogens with one attached hydrogen (secondary N) is 2. The van der Waals surface area contributed by atoms with Gasteiger partial charge in [0.25, 0.3) is 5.91 Å². The van der Waals surface area contributed by atoms with Crippen molar-refractivity contribution in [1.29, 1.82) is 0 Å². The summed E-state index contributed by atoms with van der Waals surface area (Å²) in [5, 5.41) is 5.83. The zero-order valence-corrected chi connectivity index (χ0v) is 20.2. The van der Waals surface area contributed by atoms with Crippen LogP contribution >= 0.6 is 11.3 Å². The van der Waals surface area contributed by atoms with Crippen molar-refractivity contribution >= 4 is 39.8 Å². The van der Waals surface area contributed by atoms with Crippen LogP contribution in [0.4, 0.5) is 10.7 Å². The van der Waals surface area contributed by atoms with Gasteiger partial charge in [-0.25, -0.2) is 4.79 Å². The summed E-state index contributed by atoms with van der Waals surface area (Å²) in [5.74, 6) is -0.242. The van der Waals surface area contributed by atoms with Gasteiger partial charge >= 0.3 is 5.97 Å². The minimum absolute atomic E-state index is 0.00206. The molecule has 0 spiro atoms. The molecule has 178 valence electrons. The summed E-state index contributed by atoms with van der Waals surface area (Å²) in [6.45, 7) is 3.51. The van der Waals surface area contributed by atoms with Crippen LogP contribution in [0, 0.1) is 6.92 Å². The largest absolute Gasteiger partial charge is 0.497 e. The van der Waals surface area contributed by atoms with Gasteiger partial charge in [0.2, 0.25) is 5.91 Å². The van der Waals surface area contributed by atoms with E-state index < -0.39 is 5.97 Å². The van der Waals surface area contributed by atoms with Crippen molar-refractivity contribution in [3.8, 4) is 11.5 Å². The molecule has 0 saturated carbocycles. The Kier molecular flexibility index (Phi) is 8.26. The fraction of sp³-hybridized carbons (Fsp3) is 0.240. The van der Waals surface area contributed by atoms with Crippen molar-refractivity contribution in [2.45, 2.75) is 20.3 Å². The van der Waals surface area contributed by atoms with Crippen LogP contribution in [0.5, 0.6) is 11.5 Å². The number of methoxy groups -OCH3 is 2. The molecule has 1 heterocycles. The second-order valence-corrected chi connectivity index (χ2v) is 8.22. The van der Waals surface area contributed by atoms with Crippen LogP contribution in [0.15, 0.2) is 48.5 Å². The first kappa shape index (κ1) is 24.8. The van der Waals surface area contributed by atoms with Gasteiger partial charge in [-0.15, -0.1) is 11.3 Å². The van der Waals surface area contributed by atoms with Gasteiger partial charge in [0.15, 0.2) is 0 Å². The molecule has 3 aromatic rings. The van der Waals surface area contributed by atoms with Gasteiger partial charge in [-0.2, -0.15) is 0 Å². The number of hydrogen-bond acceptors (Lipinski definition) is 7. The van der Waals surface area contributed by atoms with Crippen LogP contribution in [0.2, 0.25) is 0 Å². The van der Waals surface area contributed by atoms with Gasteiger partial charge in [-0.3, -0.25) is 9.59 Å². The summed E-state index contributed by atoms with van der Waals surface area (Å²) in [7, 11) is 3.05. The Morgan fingerprint density at radius 2 is 1.71 bits per heavy atom. The first-order valence-corrected chi connectivity index (χ1v) is 11.4. The Morgan fingerprint density at radius 1 is 0.971 bits per heavy atom. The molecule has 2 N–H and O–H groups in total. The van der Waals surface area contributed by atoms with Crippen molar-refractivity contribution in [3.05, 3.63) is 70.1 Å². The van der Waals surface area contributed by atoms with Gasteiger partial charge in [0.1, 0.15) is 16.5 Å². The maximum Gasteiger partial charge on any atom is 0.341 e. The van der Waals surface area contributed by atoms with Crippen LogP contribution in [-0.2, 0) is 16.0 Å². The highest BCUT2D eigenvalue weighted by atomic mass is 32.1. The third-order valence-corrected chi connectivity index (χ3v) is 6.17. The monoisotopic (exact) mass is 482 g/mol. The predicted octanol–water partition coefficient (Wildman–Crippen LogP) is 4.68. The minimum Gasteiger partial charge on any atom is -0.497 e. The number of anilines is 2. The maximum absolute atomic E-state index is 12.9. The number of hydrogen-bond donors (Lipinski definition) is 2. The summed E-state index contributed by atoms with van der Waals surface area (Å²) in [6.07, 6.45) is -0.00206. The average molecular weight is 483 g/mol. The summed E-state index contributed by atoms with van der Waals surface area (Å²) in [4.78, 5) is 38.8. The molecule has 0 atom stereocenters. The number of thiophene rings is 1.